The van der Waals surface area contributed by atoms with Gasteiger partial charge in [-0.2, -0.15) is 5.26 Å². The topological polar surface area (TPSA) is 56.6 Å². The first-order valence-corrected chi connectivity index (χ1v) is 11.1. The van der Waals surface area contributed by atoms with Crippen LogP contribution in [-0.2, 0) is 11.3 Å². The van der Waals surface area contributed by atoms with Gasteiger partial charge in [-0.15, -0.1) is 0 Å². The number of benzene rings is 1. The Morgan fingerprint density at radius 3 is 2.40 bits per heavy atom. The number of hydrogen-bond acceptors (Lipinski definition) is 4. The van der Waals surface area contributed by atoms with Crippen molar-refractivity contribution in [2.75, 3.05) is 27.2 Å². The molecule has 0 N–H and O–H groups in total. The highest BCUT2D eigenvalue weighted by Gasteiger charge is 2.54. The molecule has 5 rings (SSSR count). The largest absolute Gasteiger partial charge is 0.494 e. The molecule has 0 heterocycles. The van der Waals surface area contributed by atoms with Crippen molar-refractivity contribution in [1.29, 1.82) is 5.26 Å². The molecule has 0 radical (unpaired) electrons. The van der Waals surface area contributed by atoms with Crippen molar-refractivity contribution in [3.63, 3.8) is 0 Å². The Bertz CT molecular complexity index is 799. The lowest BCUT2D eigenvalue weighted by molar-refractivity contribution is -0.151. The minimum atomic E-state index is -0.390. The van der Waals surface area contributed by atoms with Gasteiger partial charge in [0.2, 0.25) is 5.91 Å². The van der Waals surface area contributed by atoms with Gasteiger partial charge in [0.15, 0.2) is 11.6 Å². The molecule has 4 aliphatic carbocycles. The fourth-order valence-electron chi connectivity index (χ4n) is 6.68. The number of methoxy groups -OCH3 is 1. The van der Waals surface area contributed by atoms with Crippen LogP contribution in [0.5, 0.6) is 5.75 Å². The van der Waals surface area contributed by atoms with Crippen LogP contribution in [0.25, 0.3) is 0 Å². The van der Waals surface area contributed by atoms with Gasteiger partial charge >= 0.3 is 0 Å². The molecule has 4 saturated carbocycles. The molecular formula is C24H32FN3O2. The summed E-state index contributed by atoms with van der Waals surface area (Å²) in [6.45, 7) is 1.28. The van der Waals surface area contributed by atoms with Crippen molar-refractivity contribution in [2.45, 2.75) is 57.0 Å². The first-order chi connectivity index (χ1) is 14.4. The number of likely N-dealkylation sites (N-methyl/N-ethyl adjacent to an activating group) is 1. The van der Waals surface area contributed by atoms with Crippen LogP contribution in [0.3, 0.4) is 0 Å². The number of amides is 1. The van der Waals surface area contributed by atoms with E-state index < -0.39 is 0 Å². The number of nitriles is 1. The standard InChI is InChI=1S/C24H32FN3O2/c1-27(15-17-4-5-22(30-2)21(25)11-17)16-23(29)28(7-3-6-26)24-12-18-8-19(13-24)10-20(9-18)14-24/h4-5,11,18-20H,3,7-10,12-16H2,1-2H3. The zero-order valence-electron chi connectivity index (χ0n) is 18.1. The molecule has 0 saturated heterocycles. The van der Waals surface area contributed by atoms with E-state index in [1.165, 1.54) is 32.4 Å². The number of nitrogens with zero attached hydrogens (tertiary/aromatic N) is 3. The van der Waals surface area contributed by atoms with Gasteiger partial charge in [0.05, 0.1) is 26.1 Å². The number of rotatable bonds is 8. The second-order valence-electron chi connectivity index (χ2n) is 9.74. The molecule has 1 aromatic rings. The summed E-state index contributed by atoms with van der Waals surface area (Å²) < 4.78 is 19.0. The lowest BCUT2D eigenvalue weighted by Gasteiger charge is -2.60. The maximum atomic E-state index is 14.0. The van der Waals surface area contributed by atoms with E-state index in [0.717, 1.165) is 42.6 Å². The summed E-state index contributed by atoms with van der Waals surface area (Å²) in [7, 11) is 3.34. The molecule has 162 valence electrons. The van der Waals surface area contributed by atoms with Crippen molar-refractivity contribution in [3.05, 3.63) is 29.6 Å². The maximum Gasteiger partial charge on any atom is 0.237 e. The molecule has 4 fully saturated rings. The van der Waals surface area contributed by atoms with Gasteiger partial charge < -0.3 is 9.64 Å². The Hall–Kier alpha value is -2.13. The third-order valence-corrected chi connectivity index (χ3v) is 7.40. The molecule has 0 unspecified atom stereocenters. The summed E-state index contributed by atoms with van der Waals surface area (Å²) in [6.07, 6.45) is 7.64. The molecule has 0 spiro atoms. The van der Waals surface area contributed by atoms with Gasteiger partial charge in [-0.3, -0.25) is 9.69 Å². The van der Waals surface area contributed by atoms with Gasteiger partial charge in [0.1, 0.15) is 0 Å². The zero-order chi connectivity index (χ0) is 21.3. The number of ether oxygens (including phenoxy) is 1. The van der Waals surface area contributed by atoms with Crippen molar-refractivity contribution < 1.29 is 13.9 Å². The van der Waals surface area contributed by atoms with E-state index >= 15 is 0 Å². The Labute approximate surface area is 178 Å². The van der Waals surface area contributed by atoms with E-state index in [2.05, 4.69) is 11.0 Å². The third-order valence-electron chi connectivity index (χ3n) is 7.40. The molecule has 1 aromatic carbocycles. The van der Waals surface area contributed by atoms with Gasteiger partial charge in [0, 0.05) is 18.6 Å². The molecule has 0 atom stereocenters. The summed E-state index contributed by atoms with van der Waals surface area (Å²) in [5.41, 5.74) is 0.761. The number of carbonyl (C=O) groups is 1. The van der Waals surface area contributed by atoms with Gasteiger partial charge in [-0.1, -0.05) is 6.07 Å². The van der Waals surface area contributed by atoms with Crippen LogP contribution in [0.2, 0.25) is 0 Å². The predicted molar refractivity (Wildman–Crippen MR) is 112 cm³/mol. The first kappa shape index (κ1) is 21.1. The van der Waals surface area contributed by atoms with E-state index in [1.807, 2.05) is 18.0 Å². The minimum absolute atomic E-state index is 0.0459. The van der Waals surface area contributed by atoms with Crippen LogP contribution in [0, 0.1) is 34.9 Å². The summed E-state index contributed by atoms with van der Waals surface area (Å²) in [4.78, 5) is 17.4. The smallest absolute Gasteiger partial charge is 0.237 e. The van der Waals surface area contributed by atoms with Crippen molar-refractivity contribution in [3.8, 4) is 11.8 Å². The lowest BCUT2D eigenvalue weighted by atomic mass is 9.52. The van der Waals surface area contributed by atoms with E-state index in [0.29, 0.717) is 19.5 Å². The summed E-state index contributed by atoms with van der Waals surface area (Å²) in [5.74, 6) is 2.17. The fraction of sp³-hybridized carbons (Fsp3) is 0.667. The molecule has 30 heavy (non-hydrogen) atoms. The Balaban J connectivity index is 1.45. The van der Waals surface area contributed by atoms with Crippen LogP contribution in [0.4, 0.5) is 4.39 Å². The predicted octanol–water partition coefficient (Wildman–Crippen LogP) is 3.98. The Morgan fingerprint density at radius 2 is 1.87 bits per heavy atom. The molecule has 0 aliphatic heterocycles. The average Bonchev–Trinajstić information content (AvgIpc) is 2.67. The molecular weight excluding hydrogens is 381 g/mol. The minimum Gasteiger partial charge on any atom is -0.494 e. The third kappa shape index (κ3) is 4.18. The monoisotopic (exact) mass is 413 g/mol. The van der Waals surface area contributed by atoms with E-state index in [1.54, 1.807) is 6.07 Å². The zero-order valence-corrected chi connectivity index (χ0v) is 18.1. The molecule has 6 heteroatoms. The highest BCUT2D eigenvalue weighted by molar-refractivity contribution is 5.79. The van der Waals surface area contributed by atoms with Crippen molar-refractivity contribution in [1.82, 2.24) is 9.80 Å². The second kappa shape index (κ2) is 8.55. The van der Waals surface area contributed by atoms with E-state index in [-0.39, 0.29) is 29.6 Å². The molecule has 4 bridgehead atoms. The number of halogens is 1. The molecule has 1 amide bonds. The summed E-state index contributed by atoms with van der Waals surface area (Å²) in [6, 6.07) is 7.15. The molecule has 0 aromatic heterocycles. The first-order valence-electron chi connectivity index (χ1n) is 11.1. The lowest BCUT2D eigenvalue weighted by Crippen LogP contribution is -2.62. The van der Waals surface area contributed by atoms with E-state index in [9.17, 15) is 14.4 Å². The SMILES string of the molecule is COc1ccc(CN(C)CC(=O)N(CCC#N)C23CC4CC(CC(C4)C2)C3)cc1F. The Kier molecular flexibility index (Phi) is 6.02. The molecule has 5 nitrogen and oxygen atoms in total. The highest BCUT2D eigenvalue weighted by atomic mass is 19.1. The van der Waals surface area contributed by atoms with E-state index in [4.69, 9.17) is 4.74 Å². The summed E-state index contributed by atoms with van der Waals surface area (Å²) >= 11 is 0. The fourth-order valence-corrected chi connectivity index (χ4v) is 6.68. The highest BCUT2D eigenvalue weighted by Crippen LogP contribution is 2.57. The van der Waals surface area contributed by atoms with Crippen molar-refractivity contribution in [2.24, 2.45) is 17.8 Å². The van der Waals surface area contributed by atoms with Gasteiger partial charge in [0.25, 0.3) is 0 Å². The van der Waals surface area contributed by atoms with Crippen LogP contribution in [0.15, 0.2) is 18.2 Å². The second-order valence-corrected chi connectivity index (χ2v) is 9.74. The number of carbonyl (C=O) groups excluding carboxylic acids is 1. The van der Waals surface area contributed by atoms with Crippen LogP contribution in [0.1, 0.15) is 50.5 Å². The quantitative estimate of drug-likeness (QED) is 0.647. The van der Waals surface area contributed by atoms with Gasteiger partial charge in [-0.25, -0.2) is 4.39 Å². The van der Waals surface area contributed by atoms with Crippen LogP contribution >= 0.6 is 0 Å². The Morgan fingerprint density at radius 1 is 1.23 bits per heavy atom. The molecule has 4 aliphatic rings. The van der Waals surface area contributed by atoms with Crippen LogP contribution in [-0.4, -0.2) is 48.5 Å². The van der Waals surface area contributed by atoms with Crippen molar-refractivity contribution >= 4 is 5.91 Å². The van der Waals surface area contributed by atoms with Gasteiger partial charge in [-0.05, 0) is 81.0 Å². The number of hydrogen-bond donors (Lipinski definition) is 0. The van der Waals surface area contributed by atoms with Crippen LogP contribution < -0.4 is 4.74 Å². The normalized spacial score (nSPS) is 29.1. The summed E-state index contributed by atoms with van der Waals surface area (Å²) in [5, 5.41) is 9.18. The maximum absolute atomic E-state index is 14.0. The average molecular weight is 414 g/mol.